The molecule has 0 saturated carbocycles. The van der Waals surface area contributed by atoms with Crippen LogP contribution in [0.1, 0.15) is 20.8 Å². The van der Waals surface area contributed by atoms with E-state index in [1.165, 1.54) is 18.2 Å². The van der Waals surface area contributed by atoms with Crippen molar-refractivity contribution < 1.29 is 4.92 Å². The number of rotatable bonds is 4. The van der Waals surface area contributed by atoms with E-state index < -0.39 is 4.92 Å². The highest BCUT2D eigenvalue weighted by Gasteiger charge is 2.17. The maximum Gasteiger partial charge on any atom is 0.271 e. The Morgan fingerprint density at radius 3 is 2.21 bits per heavy atom. The van der Waals surface area contributed by atoms with Gasteiger partial charge in [0.1, 0.15) is 5.69 Å². The molecule has 0 saturated heterocycles. The lowest BCUT2D eigenvalue weighted by atomic mass is 10.1. The lowest BCUT2D eigenvalue weighted by Crippen LogP contribution is -2.37. The summed E-state index contributed by atoms with van der Waals surface area (Å²) in [6.45, 7) is 6.41. The minimum Gasteiger partial charge on any atom is -0.370 e. The highest BCUT2D eigenvalue weighted by molar-refractivity contribution is 6.33. The monoisotopic (exact) mass is 346 g/mol. The molecule has 0 unspecified atom stereocenters. The number of benzene rings is 2. The summed E-state index contributed by atoms with van der Waals surface area (Å²) in [5, 5.41) is 19.1. The third kappa shape index (κ3) is 4.29. The molecule has 0 aromatic heterocycles. The van der Waals surface area contributed by atoms with Crippen LogP contribution in [0.25, 0.3) is 0 Å². The minimum absolute atomic E-state index is 0.0231. The van der Waals surface area contributed by atoms with E-state index >= 15 is 0 Å². The highest BCUT2D eigenvalue weighted by Crippen LogP contribution is 2.31. The van der Waals surface area contributed by atoms with Crippen molar-refractivity contribution in [1.29, 1.82) is 0 Å². The summed E-state index contributed by atoms with van der Waals surface area (Å²) >= 11 is 5.99. The Kier molecular flexibility index (Phi) is 5.19. The van der Waals surface area contributed by atoms with Crippen molar-refractivity contribution in [2.75, 3.05) is 11.9 Å². The molecule has 0 atom stereocenters. The largest absolute Gasteiger partial charge is 0.370 e. The number of hydrogen-bond acceptors (Lipinski definition) is 5. The first kappa shape index (κ1) is 17.9. The Balaban J connectivity index is 2.17. The maximum absolute atomic E-state index is 10.7. The summed E-state index contributed by atoms with van der Waals surface area (Å²) in [4.78, 5) is 12.4. The molecule has 0 aliphatic heterocycles. The zero-order valence-corrected chi connectivity index (χ0v) is 14.8. The van der Waals surface area contributed by atoms with E-state index in [-0.39, 0.29) is 16.2 Å². The van der Waals surface area contributed by atoms with Crippen molar-refractivity contribution in [2.24, 2.45) is 10.2 Å². The summed E-state index contributed by atoms with van der Waals surface area (Å²) in [5.74, 6) is 0. The average Bonchev–Trinajstić information content (AvgIpc) is 2.52. The van der Waals surface area contributed by atoms with Gasteiger partial charge in [-0.25, -0.2) is 0 Å². The van der Waals surface area contributed by atoms with Crippen LogP contribution in [-0.2, 0) is 0 Å². The van der Waals surface area contributed by atoms with Gasteiger partial charge in [0.2, 0.25) is 0 Å². The van der Waals surface area contributed by atoms with Crippen molar-refractivity contribution in [2.45, 2.75) is 26.3 Å². The van der Waals surface area contributed by atoms with Crippen LogP contribution in [0.4, 0.5) is 22.7 Å². The third-order valence-electron chi connectivity index (χ3n) is 3.66. The van der Waals surface area contributed by atoms with Gasteiger partial charge in [-0.1, -0.05) is 11.6 Å². The van der Waals surface area contributed by atoms with Crippen molar-refractivity contribution in [1.82, 2.24) is 0 Å². The SMILES string of the molecule is CN(c1ccc(N=Nc2ccc([N+](=O)[O-])cc2Cl)cc1)C(C)(C)C. The van der Waals surface area contributed by atoms with Crippen LogP contribution >= 0.6 is 11.6 Å². The van der Waals surface area contributed by atoms with E-state index in [9.17, 15) is 10.1 Å². The van der Waals surface area contributed by atoms with E-state index in [1.807, 2.05) is 31.3 Å². The Bertz CT molecular complexity index is 767. The van der Waals surface area contributed by atoms with Crippen molar-refractivity contribution >= 4 is 34.4 Å². The lowest BCUT2D eigenvalue weighted by molar-refractivity contribution is -0.384. The molecule has 24 heavy (non-hydrogen) atoms. The average molecular weight is 347 g/mol. The van der Waals surface area contributed by atoms with Crippen LogP contribution in [0.3, 0.4) is 0 Å². The van der Waals surface area contributed by atoms with Crippen LogP contribution in [-0.4, -0.2) is 17.5 Å². The van der Waals surface area contributed by atoms with E-state index in [0.29, 0.717) is 11.4 Å². The van der Waals surface area contributed by atoms with Crippen molar-refractivity contribution in [3.63, 3.8) is 0 Å². The first-order valence-electron chi connectivity index (χ1n) is 7.38. The zero-order valence-electron chi connectivity index (χ0n) is 14.0. The second-order valence-electron chi connectivity index (χ2n) is 6.34. The molecule has 6 nitrogen and oxygen atoms in total. The van der Waals surface area contributed by atoms with Gasteiger partial charge < -0.3 is 4.90 Å². The number of non-ortho nitro benzene ring substituents is 1. The molecule has 2 aromatic rings. The molecule has 0 N–H and O–H groups in total. The van der Waals surface area contributed by atoms with Crippen LogP contribution in [0.15, 0.2) is 52.7 Å². The number of halogens is 1. The number of nitro groups is 1. The molecular weight excluding hydrogens is 328 g/mol. The Morgan fingerprint density at radius 1 is 1.08 bits per heavy atom. The van der Waals surface area contributed by atoms with Gasteiger partial charge in [-0.2, -0.15) is 5.11 Å². The first-order chi connectivity index (χ1) is 11.2. The van der Waals surface area contributed by atoms with Crippen LogP contribution in [0.2, 0.25) is 5.02 Å². The summed E-state index contributed by atoms with van der Waals surface area (Å²) < 4.78 is 0. The fourth-order valence-electron chi connectivity index (χ4n) is 1.93. The van der Waals surface area contributed by atoms with E-state index in [4.69, 9.17) is 11.6 Å². The number of nitro benzene ring substituents is 1. The number of nitrogens with zero attached hydrogens (tertiary/aromatic N) is 4. The molecule has 0 heterocycles. The first-order valence-corrected chi connectivity index (χ1v) is 7.76. The second kappa shape index (κ2) is 6.97. The summed E-state index contributed by atoms with van der Waals surface area (Å²) in [6.07, 6.45) is 0. The molecule has 0 spiro atoms. The normalized spacial score (nSPS) is 11.7. The minimum atomic E-state index is -0.503. The molecule has 0 radical (unpaired) electrons. The fraction of sp³-hybridized carbons (Fsp3) is 0.294. The quantitative estimate of drug-likeness (QED) is 0.393. The Labute approximate surface area is 145 Å². The standard InChI is InChI=1S/C17H19ClN4O2/c1-17(2,3)21(4)13-7-5-12(6-8-13)19-20-16-10-9-14(22(23)24)11-15(16)18/h5-11H,1-4H3. The number of azo groups is 1. The molecule has 0 aliphatic carbocycles. The molecule has 2 aromatic carbocycles. The molecule has 0 aliphatic rings. The zero-order chi connectivity index (χ0) is 17.9. The van der Waals surface area contributed by atoms with Crippen molar-refractivity contribution in [3.05, 3.63) is 57.6 Å². The van der Waals surface area contributed by atoms with Gasteiger partial charge in [-0.15, -0.1) is 5.11 Å². The van der Waals surface area contributed by atoms with Gasteiger partial charge in [0, 0.05) is 30.4 Å². The van der Waals surface area contributed by atoms with Gasteiger partial charge in [-0.05, 0) is 51.1 Å². The van der Waals surface area contributed by atoms with Crippen LogP contribution in [0.5, 0.6) is 0 Å². The van der Waals surface area contributed by atoms with Gasteiger partial charge in [0.05, 0.1) is 15.6 Å². The van der Waals surface area contributed by atoms with Gasteiger partial charge in [0.15, 0.2) is 0 Å². The predicted octanol–water partition coefficient (Wildman–Crippen LogP) is 5.90. The molecule has 0 amide bonds. The Morgan fingerprint density at radius 2 is 1.71 bits per heavy atom. The molecule has 2 rings (SSSR count). The third-order valence-corrected chi connectivity index (χ3v) is 3.96. The predicted molar refractivity (Wildman–Crippen MR) is 96.9 cm³/mol. The number of hydrogen-bond donors (Lipinski definition) is 0. The van der Waals surface area contributed by atoms with E-state index in [1.54, 1.807) is 0 Å². The topological polar surface area (TPSA) is 71.1 Å². The van der Waals surface area contributed by atoms with Gasteiger partial charge in [0.25, 0.3) is 5.69 Å². The van der Waals surface area contributed by atoms with E-state index in [2.05, 4.69) is 35.9 Å². The summed E-state index contributed by atoms with van der Waals surface area (Å²) in [5.41, 5.74) is 2.09. The fourth-order valence-corrected chi connectivity index (χ4v) is 2.14. The number of anilines is 1. The van der Waals surface area contributed by atoms with Crippen LogP contribution < -0.4 is 4.90 Å². The second-order valence-corrected chi connectivity index (χ2v) is 6.75. The summed E-state index contributed by atoms with van der Waals surface area (Å²) in [7, 11) is 2.03. The molecule has 0 bridgehead atoms. The summed E-state index contributed by atoms with van der Waals surface area (Å²) in [6, 6.07) is 11.7. The van der Waals surface area contributed by atoms with E-state index in [0.717, 1.165) is 5.69 Å². The maximum atomic E-state index is 10.7. The molecular formula is C17H19ClN4O2. The Hall–Kier alpha value is -2.47. The molecule has 0 fully saturated rings. The van der Waals surface area contributed by atoms with Crippen molar-refractivity contribution in [3.8, 4) is 0 Å². The van der Waals surface area contributed by atoms with Gasteiger partial charge >= 0.3 is 0 Å². The highest BCUT2D eigenvalue weighted by atomic mass is 35.5. The molecule has 126 valence electrons. The smallest absolute Gasteiger partial charge is 0.271 e. The molecule has 7 heteroatoms. The lowest BCUT2D eigenvalue weighted by Gasteiger charge is -2.34. The van der Waals surface area contributed by atoms with Crippen LogP contribution in [0, 0.1) is 10.1 Å². The van der Waals surface area contributed by atoms with Gasteiger partial charge in [-0.3, -0.25) is 10.1 Å².